The first-order valence-electron chi connectivity index (χ1n) is 28.0. The van der Waals surface area contributed by atoms with Crippen molar-refractivity contribution in [3.8, 4) is 0 Å². The van der Waals surface area contributed by atoms with Gasteiger partial charge in [0.05, 0.1) is 19.8 Å². The number of carbonyl (C=O) groups is 1. The van der Waals surface area contributed by atoms with Crippen molar-refractivity contribution in [2.75, 3.05) is 26.4 Å². The van der Waals surface area contributed by atoms with Crippen molar-refractivity contribution in [1.29, 1.82) is 0 Å². The van der Waals surface area contributed by atoms with Gasteiger partial charge in [0, 0.05) is 13.0 Å². The highest BCUT2D eigenvalue weighted by Crippen LogP contribution is 2.23. The number of esters is 1. The van der Waals surface area contributed by atoms with Gasteiger partial charge in [-0.2, -0.15) is 0 Å². The average molecular weight is 957 g/mol. The smallest absolute Gasteiger partial charge is 0.306 e. The number of aliphatic hydroxyl groups is 4. The third kappa shape index (κ3) is 39.4. The van der Waals surface area contributed by atoms with E-state index in [1.54, 1.807) is 0 Å². The molecule has 6 unspecified atom stereocenters. The maximum atomic E-state index is 12.9. The summed E-state index contributed by atoms with van der Waals surface area (Å²) in [6.45, 7) is 4.43. The maximum Gasteiger partial charge on any atom is 0.306 e. The third-order valence-electron chi connectivity index (χ3n) is 12.6. The molecule has 68 heavy (non-hydrogen) atoms. The van der Waals surface area contributed by atoms with E-state index in [1.165, 1.54) is 135 Å². The molecule has 0 aromatic carbocycles. The summed E-state index contributed by atoms with van der Waals surface area (Å²) in [6.07, 6.45) is 59.4. The average Bonchev–Trinajstić information content (AvgIpc) is 3.34. The molecule has 9 nitrogen and oxygen atoms in total. The summed E-state index contributed by atoms with van der Waals surface area (Å²) >= 11 is 0. The Labute approximate surface area is 417 Å². The van der Waals surface area contributed by atoms with Crippen molar-refractivity contribution in [3.05, 3.63) is 72.9 Å². The maximum absolute atomic E-state index is 12.9. The lowest BCUT2D eigenvalue weighted by molar-refractivity contribution is -0.305. The molecule has 1 heterocycles. The van der Waals surface area contributed by atoms with Gasteiger partial charge in [-0.15, -0.1) is 0 Å². The lowest BCUT2D eigenvalue weighted by Gasteiger charge is -2.39. The summed E-state index contributed by atoms with van der Waals surface area (Å²) in [5.74, 6) is -0.319. The van der Waals surface area contributed by atoms with Gasteiger partial charge in [0.15, 0.2) is 6.29 Å². The summed E-state index contributed by atoms with van der Waals surface area (Å²) < 4.78 is 22.9. The molecule has 1 aliphatic rings. The molecule has 6 atom stereocenters. The Hall–Kier alpha value is -2.37. The molecule has 4 N–H and O–H groups in total. The van der Waals surface area contributed by atoms with E-state index in [4.69, 9.17) is 18.9 Å². The predicted molar refractivity (Wildman–Crippen MR) is 284 cm³/mol. The Morgan fingerprint density at radius 3 is 1.35 bits per heavy atom. The molecule has 1 rings (SSSR count). The van der Waals surface area contributed by atoms with Crippen LogP contribution in [0.1, 0.15) is 232 Å². The third-order valence-corrected chi connectivity index (χ3v) is 12.6. The molecule has 0 amide bonds. The number of hydrogen-bond donors (Lipinski definition) is 4. The van der Waals surface area contributed by atoms with Gasteiger partial charge in [-0.05, 0) is 83.5 Å². The highest BCUT2D eigenvalue weighted by Gasteiger charge is 2.44. The first-order valence-corrected chi connectivity index (χ1v) is 28.0. The van der Waals surface area contributed by atoms with Crippen LogP contribution in [0, 0.1) is 0 Å². The SMILES string of the molecule is CC/C=C\C/C=C\C/C=C\C/C=C\CCCCCCCCCOCC(COC1OC(CO)C(O)C(O)C1O)OC(=O)CCCCCCCCCCCCCCC/C=C\C/C=C\CCCCCCC. The van der Waals surface area contributed by atoms with Crippen LogP contribution < -0.4 is 0 Å². The van der Waals surface area contributed by atoms with Crippen LogP contribution in [-0.4, -0.2) is 89.6 Å². The Bertz CT molecular complexity index is 1270. The van der Waals surface area contributed by atoms with E-state index >= 15 is 0 Å². The zero-order chi connectivity index (χ0) is 49.2. The second kappa shape index (κ2) is 49.6. The van der Waals surface area contributed by atoms with Gasteiger partial charge < -0.3 is 39.4 Å². The molecule has 0 spiro atoms. The van der Waals surface area contributed by atoms with E-state index in [1.807, 2.05) is 0 Å². The Kier molecular flexibility index (Phi) is 46.4. The summed E-state index contributed by atoms with van der Waals surface area (Å²) in [7, 11) is 0. The van der Waals surface area contributed by atoms with Crippen LogP contribution in [0.4, 0.5) is 0 Å². The van der Waals surface area contributed by atoms with Crippen molar-refractivity contribution in [1.82, 2.24) is 0 Å². The largest absolute Gasteiger partial charge is 0.457 e. The number of hydrogen-bond acceptors (Lipinski definition) is 9. The second-order valence-electron chi connectivity index (χ2n) is 19.0. The van der Waals surface area contributed by atoms with Crippen LogP contribution in [0.2, 0.25) is 0 Å². The van der Waals surface area contributed by atoms with Crippen molar-refractivity contribution in [2.45, 2.75) is 269 Å². The van der Waals surface area contributed by atoms with Gasteiger partial charge in [-0.1, -0.05) is 215 Å². The Balaban J connectivity index is 2.17. The van der Waals surface area contributed by atoms with Crippen molar-refractivity contribution >= 4 is 5.97 Å². The van der Waals surface area contributed by atoms with Crippen LogP contribution in [-0.2, 0) is 23.7 Å². The minimum absolute atomic E-state index is 0.120. The Morgan fingerprint density at radius 2 is 0.897 bits per heavy atom. The standard InChI is InChI=1S/C59H104O9/c1-3-5-7-9-11-13-15-17-19-21-23-25-26-27-28-29-30-32-34-36-38-40-42-44-46-48-55(61)67-53(52-66-59-58(64)57(63)56(62)54(50-60)68-59)51-65-49-47-45-43-41-39-37-35-33-31-24-22-20-18-16-14-12-10-8-6-4-2/h6,8,12,14-15,17-18,20-21,23-24,31,53-54,56-60,62-64H,3-5,7,9-11,13,16,19,22,25-30,32-52H2,1-2H3/b8-6-,14-12-,17-15-,20-18-,23-21-,31-24-. The summed E-state index contributed by atoms with van der Waals surface area (Å²) in [5, 5.41) is 40.3. The van der Waals surface area contributed by atoms with Gasteiger partial charge in [-0.25, -0.2) is 0 Å². The highest BCUT2D eigenvalue weighted by atomic mass is 16.7. The molecular formula is C59H104O9. The number of unbranched alkanes of at least 4 members (excludes halogenated alkanes) is 25. The first-order chi connectivity index (χ1) is 33.4. The number of carbonyl (C=O) groups excluding carboxylic acids is 1. The minimum atomic E-state index is -1.54. The van der Waals surface area contributed by atoms with Gasteiger partial charge in [0.25, 0.3) is 0 Å². The number of aliphatic hydroxyl groups excluding tert-OH is 4. The fourth-order valence-corrected chi connectivity index (χ4v) is 8.28. The topological polar surface area (TPSA) is 135 Å². The van der Waals surface area contributed by atoms with Crippen molar-refractivity contribution < 1.29 is 44.2 Å². The Morgan fingerprint density at radius 1 is 0.485 bits per heavy atom. The summed E-state index contributed by atoms with van der Waals surface area (Å²) in [4.78, 5) is 12.9. The molecule has 0 radical (unpaired) electrons. The van der Waals surface area contributed by atoms with Gasteiger partial charge >= 0.3 is 5.97 Å². The quantitative estimate of drug-likeness (QED) is 0.0267. The zero-order valence-corrected chi connectivity index (χ0v) is 43.6. The first kappa shape index (κ1) is 63.6. The molecule has 0 saturated carbocycles. The van der Waals surface area contributed by atoms with Gasteiger partial charge in [-0.3, -0.25) is 4.79 Å². The fourth-order valence-electron chi connectivity index (χ4n) is 8.28. The van der Waals surface area contributed by atoms with Gasteiger partial charge in [0.2, 0.25) is 0 Å². The fraction of sp³-hybridized carbons (Fsp3) is 0.780. The molecule has 0 aromatic rings. The van der Waals surface area contributed by atoms with Crippen LogP contribution in [0.5, 0.6) is 0 Å². The summed E-state index contributed by atoms with van der Waals surface area (Å²) in [5.41, 5.74) is 0. The minimum Gasteiger partial charge on any atom is -0.457 e. The molecular weight excluding hydrogens is 853 g/mol. The number of rotatable bonds is 48. The van der Waals surface area contributed by atoms with E-state index < -0.39 is 43.4 Å². The van der Waals surface area contributed by atoms with Crippen LogP contribution >= 0.6 is 0 Å². The van der Waals surface area contributed by atoms with E-state index in [0.717, 1.165) is 77.0 Å². The van der Waals surface area contributed by atoms with E-state index in [0.29, 0.717) is 13.0 Å². The molecule has 0 aliphatic carbocycles. The molecule has 0 aromatic heterocycles. The molecule has 1 fully saturated rings. The number of allylic oxidation sites excluding steroid dienone is 12. The lowest BCUT2D eigenvalue weighted by Crippen LogP contribution is -2.59. The molecule has 394 valence electrons. The predicted octanol–water partition coefficient (Wildman–Crippen LogP) is 14.4. The van der Waals surface area contributed by atoms with Crippen molar-refractivity contribution in [3.63, 3.8) is 0 Å². The van der Waals surface area contributed by atoms with E-state index in [-0.39, 0.29) is 19.2 Å². The van der Waals surface area contributed by atoms with Crippen LogP contribution in [0.3, 0.4) is 0 Å². The zero-order valence-electron chi connectivity index (χ0n) is 43.6. The summed E-state index contributed by atoms with van der Waals surface area (Å²) in [6, 6.07) is 0. The van der Waals surface area contributed by atoms with E-state index in [2.05, 4.69) is 86.8 Å². The second-order valence-corrected chi connectivity index (χ2v) is 19.0. The van der Waals surface area contributed by atoms with E-state index in [9.17, 15) is 25.2 Å². The number of ether oxygens (including phenoxy) is 4. The monoisotopic (exact) mass is 957 g/mol. The van der Waals surface area contributed by atoms with Crippen LogP contribution in [0.25, 0.3) is 0 Å². The molecule has 1 saturated heterocycles. The lowest BCUT2D eigenvalue weighted by atomic mass is 9.99. The highest BCUT2D eigenvalue weighted by molar-refractivity contribution is 5.69. The van der Waals surface area contributed by atoms with Crippen molar-refractivity contribution in [2.24, 2.45) is 0 Å². The molecule has 1 aliphatic heterocycles. The van der Waals surface area contributed by atoms with Gasteiger partial charge in [0.1, 0.15) is 30.5 Å². The molecule has 0 bridgehead atoms. The van der Waals surface area contributed by atoms with Crippen LogP contribution in [0.15, 0.2) is 72.9 Å². The molecule has 9 heteroatoms. The normalized spacial score (nSPS) is 19.6.